The number of rotatable bonds is 1. The van der Waals surface area contributed by atoms with E-state index in [0.717, 1.165) is 31.0 Å². The first kappa shape index (κ1) is 16.2. The first-order valence-corrected chi connectivity index (χ1v) is 8.69. The Bertz CT molecular complexity index is 614. The molecule has 1 aliphatic carbocycles. The minimum absolute atomic E-state index is 0.295. The van der Waals surface area contributed by atoms with Crippen molar-refractivity contribution in [3.05, 3.63) is 29.3 Å². The van der Waals surface area contributed by atoms with Crippen molar-refractivity contribution < 1.29 is 0 Å². The van der Waals surface area contributed by atoms with Crippen LogP contribution >= 0.6 is 0 Å². The van der Waals surface area contributed by atoms with Crippen LogP contribution in [0.4, 0.5) is 5.69 Å². The summed E-state index contributed by atoms with van der Waals surface area (Å²) in [6.07, 6.45) is 4.57. The second-order valence-electron chi connectivity index (χ2n) is 7.43. The summed E-state index contributed by atoms with van der Waals surface area (Å²) in [4.78, 5) is 4.08. The molecule has 1 saturated carbocycles. The number of fused-ring (bicyclic) bond motifs is 1. The Balaban J connectivity index is 1.93. The van der Waals surface area contributed by atoms with Gasteiger partial charge in [-0.25, -0.2) is 0 Å². The summed E-state index contributed by atoms with van der Waals surface area (Å²) in [7, 11) is 2.05. The number of nitrogens with one attached hydrogen (secondary N) is 2. The predicted octanol–water partition coefficient (Wildman–Crippen LogP) is 4.03. The topological polar surface area (TPSA) is 54.2 Å². The molecule has 124 valence electrons. The molecule has 0 saturated heterocycles. The third-order valence-electron chi connectivity index (χ3n) is 5.25. The molecule has 1 aliphatic heterocycles. The number of benzene rings is 1. The lowest BCUT2D eigenvalue weighted by atomic mass is 9.82. The van der Waals surface area contributed by atoms with Crippen LogP contribution in [0.3, 0.4) is 0 Å². The molecule has 1 aromatic rings. The van der Waals surface area contributed by atoms with Crippen LogP contribution in [0, 0.1) is 29.6 Å². The van der Waals surface area contributed by atoms with Crippen molar-refractivity contribution >= 4 is 17.4 Å². The maximum absolute atomic E-state index is 8.79. The largest absolute Gasteiger partial charge is 0.295 e. The van der Waals surface area contributed by atoms with Gasteiger partial charge in [-0.3, -0.25) is 20.6 Å². The zero-order valence-electron chi connectivity index (χ0n) is 14.5. The van der Waals surface area contributed by atoms with Crippen LogP contribution in [0.2, 0.25) is 0 Å². The van der Waals surface area contributed by atoms with Crippen molar-refractivity contribution in [1.82, 2.24) is 4.90 Å². The number of likely N-dealkylation sites (N-methyl/N-ethyl adjacent to an activating group) is 1. The fraction of sp³-hybridized carbons (Fsp3) is 0.579. The number of anilines is 1. The number of aryl methyl sites for hydroxylation is 1. The second kappa shape index (κ2) is 6.44. The number of hydrogen-bond donors (Lipinski definition) is 2. The molecule has 0 amide bonds. The third kappa shape index (κ3) is 3.32. The van der Waals surface area contributed by atoms with Crippen molar-refractivity contribution in [2.24, 2.45) is 11.8 Å². The number of hydrogen-bond acceptors (Lipinski definition) is 3. The van der Waals surface area contributed by atoms with E-state index in [1.165, 1.54) is 24.0 Å². The van der Waals surface area contributed by atoms with Crippen molar-refractivity contribution in [2.45, 2.75) is 46.1 Å². The lowest BCUT2D eigenvalue weighted by Crippen LogP contribution is -2.43. The molecule has 0 spiro atoms. The molecule has 1 heterocycles. The molecular weight excluding hydrogens is 284 g/mol. The van der Waals surface area contributed by atoms with Crippen LogP contribution in [-0.4, -0.2) is 30.2 Å². The van der Waals surface area contributed by atoms with Crippen molar-refractivity contribution in [2.75, 3.05) is 18.5 Å². The Morgan fingerprint density at radius 3 is 2.52 bits per heavy atom. The van der Waals surface area contributed by atoms with Crippen LogP contribution in [-0.2, 0) is 6.54 Å². The molecule has 0 atom stereocenters. The first-order chi connectivity index (χ1) is 11.0. The van der Waals surface area contributed by atoms with E-state index in [9.17, 15) is 0 Å². The fourth-order valence-electron chi connectivity index (χ4n) is 3.87. The number of nitrogens with zero attached hydrogens (tertiary/aromatic N) is 2. The summed E-state index contributed by atoms with van der Waals surface area (Å²) in [6, 6.07) is 6.40. The molecule has 1 fully saturated rings. The average Bonchev–Trinajstić information content (AvgIpc) is 2.61. The summed E-state index contributed by atoms with van der Waals surface area (Å²) >= 11 is 0. The van der Waals surface area contributed by atoms with Gasteiger partial charge in [0.15, 0.2) is 0 Å². The van der Waals surface area contributed by atoms with Crippen LogP contribution < -0.4 is 4.90 Å². The average molecular weight is 312 g/mol. The van der Waals surface area contributed by atoms with Crippen molar-refractivity contribution in [1.29, 1.82) is 10.8 Å². The molecule has 2 N–H and O–H groups in total. The zero-order chi connectivity index (χ0) is 16.6. The van der Waals surface area contributed by atoms with E-state index in [1.54, 1.807) is 0 Å². The van der Waals surface area contributed by atoms with Crippen molar-refractivity contribution in [3.63, 3.8) is 0 Å². The first-order valence-electron chi connectivity index (χ1n) is 8.69. The highest BCUT2D eigenvalue weighted by Gasteiger charge is 2.31. The van der Waals surface area contributed by atoms with Gasteiger partial charge in [-0.05, 0) is 44.4 Å². The number of amidine groups is 2. The van der Waals surface area contributed by atoms with Gasteiger partial charge in [0, 0.05) is 12.5 Å². The smallest absolute Gasteiger partial charge is 0.120 e. The van der Waals surface area contributed by atoms with Crippen LogP contribution in [0.25, 0.3) is 0 Å². The molecule has 0 aromatic heterocycles. The molecule has 3 rings (SSSR count). The van der Waals surface area contributed by atoms with Gasteiger partial charge in [0.25, 0.3) is 0 Å². The molecule has 1 aromatic carbocycles. The summed E-state index contributed by atoms with van der Waals surface area (Å²) in [5, 5.41) is 17.3. The molecule has 2 aliphatic rings. The predicted molar refractivity (Wildman–Crippen MR) is 96.6 cm³/mol. The Labute approximate surface area is 139 Å². The zero-order valence-corrected chi connectivity index (χ0v) is 14.5. The van der Waals surface area contributed by atoms with E-state index in [0.29, 0.717) is 24.1 Å². The molecule has 0 radical (unpaired) electrons. The minimum Gasteiger partial charge on any atom is -0.295 e. The molecule has 23 heavy (non-hydrogen) atoms. The van der Waals surface area contributed by atoms with E-state index in [-0.39, 0.29) is 0 Å². The monoisotopic (exact) mass is 312 g/mol. The normalized spacial score (nSPS) is 25.9. The van der Waals surface area contributed by atoms with Gasteiger partial charge in [-0.15, -0.1) is 0 Å². The van der Waals surface area contributed by atoms with Crippen molar-refractivity contribution in [3.8, 4) is 0 Å². The molecule has 4 nitrogen and oxygen atoms in total. The molecular formula is C19H28N4. The Morgan fingerprint density at radius 2 is 1.83 bits per heavy atom. The van der Waals surface area contributed by atoms with Gasteiger partial charge in [0.05, 0.1) is 12.2 Å². The summed E-state index contributed by atoms with van der Waals surface area (Å²) in [5.74, 6) is 2.23. The van der Waals surface area contributed by atoms with Gasteiger partial charge >= 0.3 is 0 Å². The highest BCUT2D eigenvalue weighted by atomic mass is 15.3. The molecule has 4 heteroatoms. The van der Waals surface area contributed by atoms with Gasteiger partial charge in [-0.2, -0.15) is 0 Å². The standard InChI is InChI=1S/C19H28N4/c1-13-4-7-15(8-5-13)19(21)23-17-9-6-14(2)10-16(17)11-22(3)12-18(23)20/h6,9-10,13,15,20-21H,4-5,7-8,11-12H2,1-3H3. The SMILES string of the molecule is Cc1ccc2c(c1)CN(C)CC(=N)N2C(=N)C1CCC(C)CC1. The third-order valence-corrected chi connectivity index (χ3v) is 5.25. The highest BCUT2D eigenvalue weighted by Crippen LogP contribution is 2.33. The Kier molecular flexibility index (Phi) is 4.53. The maximum Gasteiger partial charge on any atom is 0.120 e. The fourth-order valence-corrected chi connectivity index (χ4v) is 3.87. The van der Waals surface area contributed by atoms with Gasteiger partial charge in [-0.1, -0.05) is 37.5 Å². The van der Waals surface area contributed by atoms with E-state index < -0.39 is 0 Å². The summed E-state index contributed by atoms with van der Waals surface area (Å²) < 4.78 is 0. The maximum atomic E-state index is 8.79. The van der Waals surface area contributed by atoms with E-state index in [1.807, 2.05) is 4.90 Å². The van der Waals surface area contributed by atoms with Crippen LogP contribution in [0.1, 0.15) is 43.7 Å². The van der Waals surface area contributed by atoms with Gasteiger partial charge < -0.3 is 0 Å². The lowest BCUT2D eigenvalue weighted by Gasteiger charge is -2.33. The highest BCUT2D eigenvalue weighted by molar-refractivity contribution is 6.19. The quantitative estimate of drug-likeness (QED) is 0.607. The molecule has 0 unspecified atom stereocenters. The van der Waals surface area contributed by atoms with E-state index in [4.69, 9.17) is 10.8 Å². The lowest BCUT2D eigenvalue weighted by molar-refractivity contribution is 0.342. The summed E-state index contributed by atoms with van der Waals surface area (Å²) in [5.41, 5.74) is 3.50. The van der Waals surface area contributed by atoms with Crippen LogP contribution in [0.15, 0.2) is 18.2 Å². The van der Waals surface area contributed by atoms with Gasteiger partial charge in [0.2, 0.25) is 0 Å². The molecule has 0 bridgehead atoms. The van der Waals surface area contributed by atoms with E-state index >= 15 is 0 Å². The Morgan fingerprint density at radius 1 is 1.13 bits per heavy atom. The minimum atomic E-state index is 0.295. The second-order valence-corrected chi connectivity index (χ2v) is 7.43. The summed E-state index contributed by atoms with van der Waals surface area (Å²) in [6.45, 7) is 5.85. The van der Waals surface area contributed by atoms with Crippen LogP contribution in [0.5, 0.6) is 0 Å². The van der Waals surface area contributed by atoms with Gasteiger partial charge in [0.1, 0.15) is 11.7 Å². The van der Waals surface area contributed by atoms with E-state index in [2.05, 4.69) is 44.0 Å². The Hall–Kier alpha value is -1.68.